The van der Waals surface area contributed by atoms with E-state index in [0.717, 1.165) is 27.8 Å². The van der Waals surface area contributed by atoms with Crippen molar-refractivity contribution < 1.29 is 19.0 Å². The minimum Gasteiger partial charge on any atom is -0.493 e. The first-order valence-electron chi connectivity index (χ1n) is 10.4. The smallest absolute Gasteiger partial charge is 0.240 e. The summed E-state index contributed by atoms with van der Waals surface area (Å²) >= 11 is 0. The van der Waals surface area contributed by atoms with E-state index in [-0.39, 0.29) is 12.5 Å². The summed E-state index contributed by atoms with van der Waals surface area (Å²) in [7, 11) is 3.19. The van der Waals surface area contributed by atoms with Gasteiger partial charge in [-0.15, -0.1) is 0 Å². The van der Waals surface area contributed by atoms with Gasteiger partial charge in [-0.2, -0.15) is 0 Å². The molecular weight excluding hydrogens is 404 g/mol. The number of nitrogens with one attached hydrogen (secondary N) is 1. The maximum absolute atomic E-state index is 12.6. The van der Waals surface area contributed by atoms with E-state index in [1.165, 1.54) is 0 Å². The van der Waals surface area contributed by atoms with E-state index >= 15 is 0 Å². The van der Waals surface area contributed by atoms with Crippen LogP contribution in [0.3, 0.4) is 0 Å². The fraction of sp³-hybridized carbons (Fsp3) is 0.192. The summed E-state index contributed by atoms with van der Waals surface area (Å²) < 4.78 is 18.4. The zero-order valence-electron chi connectivity index (χ0n) is 18.2. The molecule has 32 heavy (non-hydrogen) atoms. The van der Waals surface area contributed by atoms with Gasteiger partial charge >= 0.3 is 0 Å². The van der Waals surface area contributed by atoms with Gasteiger partial charge in [0.15, 0.2) is 11.5 Å². The summed E-state index contributed by atoms with van der Waals surface area (Å²) in [5.74, 6) is 1.99. The Kier molecular flexibility index (Phi) is 6.60. The molecule has 0 unspecified atom stereocenters. The highest BCUT2D eigenvalue weighted by atomic mass is 16.5. The van der Waals surface area contributed by atoms with Crippen molar-refractivity contribution in [3.05, 3.63) is 90.1 Å². The zero-order chi connectivity index (χ0) is 22.3. The van der Waals surface area contributed by atoms with Gasteiger partial charge in [0.1, 0.15) is 18.9 Å². The Balaban J connectivity index is 1.39. The third kappa shape index (κ3) is 5.03. The Bertz CT molecular complexity index is 1200. The third-order valence-electron chi connectivity index (χ3n) is 5.25. The molecule has 1 heterocycles. The third-order valence-corrected chi connectivity index (χ3v) is 5.25. The molecule has 0 aliphatic heterocycles. The lowest BCUT2D eigenvalue weighted by Crippen LogP contribution is -2.26. The molecule has 164 valence electrons. The molecule has 0 fully saturated rings. The van der Waals surface area contributed by atoms with Crippen LogP contribution >= 0.6 is 0 Å². The van der Waals surface area contributed by atoms with Crippen LogP contribution in [0.5, 0.6) is 17.2 Å². The average Bonchev–Trinajstić information content (AvgIpc) is 3.23. The molecule has 0 saturated carbocycles. The van der Waals surface area contributed by atoms with Crippen molar-refractivity contribution in [1.82, 2.24) is 9.88 Å². The van der Waals surface area contributed by atoms with Crippen LogP contribution in [0.2, 0.25) is 0 Å². The number of hydrogen-bond acceptors (Lipinski definition) is 4. The normalized spacial score (nSPS) is 10.7. The minimum absolute atomic E-state index is 0.0760. The number of aromatic nitrogens is 1. The highest BCUT2D eigenvalue weighted by Crippen LogP contribution is 2.27. The molecule has 6 nitrogen and oxygen atoms in total. The fourth-order valence-corrected chi connectivity index (χ4v) is 3.53. The molecule has 0 aliphatic rings. The quantitative estimate of drug-likeness (QED) is 0.423. The molecule has 0 bridgehead atoms. The van der Waals surface area contributed by atoms with Crippen LogP contribution < -0.4 is 19.5 Å². The van der Waals surface area contributed by atoms with Crippen molar-refractivity contribution in [3.63, 3.8) is 0 Å². The molecule has 1 aromatic heterocycles. The number of methoxy groups -OCH3 is 2. The van der Waals surface area contributed by atoms with Gasteiger partial charge in [-0.1, -0.05) is 36.4 Å². The molecule has 0 spiro atoms. The first-order chi connectivity index (χ1) is 15.7. The second-order valence-corrected chi connectivity index (χ2v) is 7.40. The number of amides is 1. The van der Waals surface area contributed by atoms with Gasteiger partial charge in [-0.05, 0) is 46.8 Å². The van der Waals surface area contributed by atoms with Gasteiger partial charge in [0.25, 0.3) is 0 Å². The van der Waals surface area contributed by atoms with E-state index in [0.29, 0.717) is 24.7 Å². The molecule has 6 heteroatoms. The number of ether oxygens (including phenoxy) is 3. The van der Waals surface area contributed by atoms with E-state index in [1.54, 1.807) is 14.2 Å². The summed E-state index contributed by atoms with van der Waals surface area (Å²) in [6.07, 6.45) is 1.92. The second-order valence-electron chi connectivity index (χ2n) is 7.40. The van der Waals surface area contributed by atoms with Crippen LogP contribution in [-0.4, -0.2) is 24.7 Å². The van der Waals surface area contributed by atoms with E-state index in [9.17, 15) is 4.79 Å². The molecule has 3 aromatic carbocycles. The van der Waals surface area contributed by atoms with Gasteiger partial charge in [-0.25, -0.2) is 0 Å². The van der Waals surface area contributed by atoms with Crippen LogP contribution in [0, 0.1) is 0 Å². The predicted octanol–water partition coefficient (Wildman–Crippen LogP) is 4.55. The first kappa shape index (κ1) is 21.3. The van der Waals surface area contributed by atoms with Crippen LogP contribution in [0.1, 0.15) is 11.1 Å². The molecular formula is C26H26N2O4. The lowest BCUT2D eigenvalue weighted by Gasteiger charge is -2.11. The Hall–Kier alpha value is -3.93. The van der Waals surface area contributed by atoms with E-state index < -0.39 is 0 Å². The number of nitrogens with zero attached hydrogens (tertiary/aromatic N) is 1. The molecule has 1 N–H and O–H groups in total. The van der Waals surface area contributed by atoms with Crippen LogP contribution in [0.15, 0.2) is 79.0 Å². The maximum Gasteiger partial charge on any atom is 0.240 e. The van der Waals surface area contributed by atoms with Gasteiger partial charge in [0.05, 0.1) is 19.7 Å². The van der Waals surface area contributed by atoms with Gasteiger partial charge in [0.2, 0.25) is 5.91 Å². The lowest BCUT2D eigenvalue weighted by atomic mass is 10.2. The molecule has 4 rings (SSSR count). The number of hydrogen-bond donors (Lipinski definition) is 1. The molecule has 1 amide bonds. The zero-order valence-corrected chi connectivity index (χ0v) is 18.2. The Morgan fingerprint density at radius 3 is 2.47 bits per heavy atom. The first-order valence-corrected chi connectivity index (χ1v) is 10.4. The fourth-order valence-electron chi connectivity index (χ4n) is 3.53. The summed E-state index contributed by atoms with van der Waals surface area (Å²) in [6, 6.07) is 23.6. The minimum atomic E-state index is -0.0760. The molecule has 4 aromatic rings. The largest absolute Gasteiger partial charge is 0.493 e. The molecule has 0 radical (unpaired) electrons. The van der Waals surface area contributed by atoms with Gasteiger partial charge in [-0.3, -0.25) is 4.79 Å². The van der Waals surface area contributed by atoms with Crippen LogP contribution in [0.25, 0.3) is 10.9 Å². The number of fused-ring (bicyclic) bond motifs is 1. The van der Waals surface area contributed by atoms with Crippen molar-refractivity contribution in [2.45, 2.75) is 19.7 Å². The Labute approximate surface area is 187 Å². The standard InChI is InChI=1S/C26H26N2O4/c1-30-24-11-8-20(14-25(24)31-2)16-27-26(29)17-28-13-12-21-9-10-22(15-23(21)28)32-18-19-6-4-3-5-7-19/h3-15H,16-18H2,1-2H3,(H,27,29). The van der Waals surface area contributed by atoms with Crippen LogP contribution in [0.4, 0.5) is 0 Å². The van der Waals surface area contributed by atoms with E-state index in [1.807, 2.05) is 83.6 Å². The van der Waals surface area contributed by atoms with Crippen molar-refractivity contribution in [2.24, 2.45) is 0 Å². The topological polar surface area (TPSA) is 61.7 Å². The number of carbonyl (C=O) groups excluding carboxylic acids is 1. The van der Waals surface area contributed by atoms with E-state index in [4.69, 9.17) is 14.2 Å². The predicted molar refractivity (Wildman–Crippen MR) is 124 cm³/mol. The maximum atomic E-state index is 12.6. The number of benzene rings is 3. The number of rotatable bonds is 9. The van der Waals surface area contributed by atoms with Gasteiger partial charge < -0.3 is 24.1 Å². The van der Waals surface area contributed by atoms with Crippen molar-refractivity contribution in [1.29, 1.82) is 0 Å². The molecule has 0 aliphatic carbocycles. The Morgan fingerprint density at radius 2 is 1.69 bits per heavy atom. The summed E-state index contributed by atoms with van der Waals surface area (Å²) in [4.78, 5) is 12.6. The monoisotopic (exact) mass is 430 g/mol. The number of carbonyl (C=O) groups is 1. The van der Waals surface area contributed by atoms with Gasteiger partial charge in [0, 0.05) is 18.8 Å². The van der Waals surface area contributed by atoms with Crippen molar-refractivity contribution >= 4 is 16.8 Å². The summed E-state index contributed by atoms with van der Waals surface area (Å²) in [6.45, 7) is 1.13. The Morgan fingerprint density at radius 1 is 0.875 bits per heavy atom. The summed E-state index contributed by atoms with van der Waals surface area (Å²) in [5.41, 5.74) is 3.00. The van der Waals surface area contributed by atoms with E-state index in [2.05, 4.69) is 5.32 Å². The summed E-state index contributed by atoms with van der Waals surface area (Å²) in [5, 5.41) is 4.02. The van der Waals surface area contributed by atoms with Crippen molar-refractivity contribution in [3.8, 4) is 17.2 Å². The second kappa shape index (κ2) is 9.92. The van der Waals surface area contributed by atoms with Crippen molar-refractivity contribution in [2.75, 3.05) is 14.2 Å². The van der Waals surface area contributed by atoms with Crippen LogP contribution in [-0.2, 0) is 24.5 Å². The highest BCUT2D eigenvalue weighted by Gasteiger charge is 2.09. The SMILES string of the molecule is COc1ccc(CNC(=O)Cn2ccc3ccc(OCc4ccccc4)cc32)cc1OC. The lowest BCUT2D eigenvalue weighted by molar-refractivity contribution is -0.121. The highest BCUT2D eigenvalue weighted by molar-refractivity contribution is 5.84. The molecule has 0 atom stereocenters. The molecule has 0 saturated heterocycles. The average molecular weight is 431 g/mol.